The van der Waals surface area contributed by atoms with Gasteiger partial charge in [-0.1, -0.05) is 24.3 Å². The van der Waals surface area contributed by atoms with E-state index < -0.39 is 16.6 Å². The minimum absolute atomic E-state index is 0.0578. The fraction of sp³-hybridized carbons (Fsp3) is 0.350. The summed E-state index contributed by atoms with van der Waals surface area (Å²) < 4.78 is 6.42. The molecule has 134 valence electrons. The Morgan fingerprint density at radius 1 is 0.800 bits per heavy atom. The van der Waals surface area contributed by atoms with E-state index in [1.807, 2.05) is 55.4 Å². The van der Waals surface area contributed by atoms with E-state index in [9.17, 15) is 4.79 Å². The van der Waals surface area contributed by atoms with Gasteiger partial charge < -0.3 is 9.02 Å². The van der Waals surface area contributed by atoms with Gasteiger partial charge in [-0.05, 0) is 62.2 Å². The van der Waals surface area contributed by atoms with E-state index in [2.05, 4.69) is 44.9 Å². The average molecular weight is 372 g/mol. The summed E-state index contributed by atoms with van der Waals surface area (Å²) in [6.07, 6.45) is 0. The Morgan fingerprint density at radius 3 is 1.64 bits per heavy atom. The number of ketones is 1. The van der Waals surface area contributed by atoms with Gasteiger partial charge >= 0.3 is 0 Å². The molecule has 2 rings (SSSR count). The van der Waals surface area contributed by atoms with Crippen molar-refractivity contribution in [1.29, 1.82) is 0 Å². The lowest BCUT2D eigenvalue weighted by Gasteiger charge is -2.31. The first-order chi connectivity index (χ1) is 11.5. The standard InChI is InChI=1S/C20H29NO2Si2/c1-21(2)18-12-8-16(9-13-18)20(22)17-10-14-19(15-11-17)25(6,7)23-24(3,4)5/h8-15H,1-7H3. The molecular formula is C20H29NO2Si2. The van der Waals surface area contributed by atoms with Crippen LogP contribution in [0.15, 0.2) is 48.5 Å². The first-order valence-electron chi connectivity index (χ1n) is 8.62. The van der Waals surface area contributed by atoms with Crippen LogP contribution in [0.25, 0.3) is 0 Å². The SMILES string of the molecule is CN(C)c1ccc(C(=O)c2ccc([Si](C)(C)O[Si](C)(C)C)cc2)cc1. The minimum atomic E-state index is -1.93. The average Bonchev–Trinajstić information content (AvgIpc) is 2.52. The van der Waals surface area contributed by atoms with Crippen LogP contribution >= 0.6 is 0 Å². The molecular weight excluding hydrogens is 342 g/mol. The van der Waals surface area contributed by atoms with Crippen LogP contribution in [-0.4, -0.2) is 36.5 Å². The molecule has 0 amide bonds. The molecule has 3 nitrogen and oxygen atoms in total. The zero-order valence-electron chi connectivity index (χ0n) is 16.4. The lowest BCUT2D eigenvalue weighted by molar-refractivity contribution is 0.103. The third-order valence-electron chi connectivity index (χ3n) is 4.05. The number of hydrogen-bond donors (Lipinski definition) is 0. The Balaban J connectivity index is 2.20. The highest BCUT2D eigenvalue weighted by molar-refractivity contribution is 6.92. The predicted octanol–water partition coefficient (Wildman–Crippen LogP) is 4.25. The topological polar surface area (TPSA) is 29.5 Å². The summed E-state index contributed by atoms with van der Waals surface area (Å²) in [7, 11) is 0.465. The van der Waals surface area contributed by atoms with Gasteiger partial charge in [0.05, 0.1) is 0 Å². The lowest BCUT2D eigenvalue weighted by Crippen LogP contribution is -2.51. The molecule has 0 aromatic heterocycles. The number of rotatable bonds is 6. The van der Waals surface area contributed by atoms with E-state index in [1.54, 1.807) is 0 Å². The molecule has 0 fully saturated rings. The third-order valence-corrected chi connectivity index (χ3v) is 10.3. The Morgan fingerprint density at radius 2 is 1.24 bits per heavy atom. The molecule has 0 spiro atoms. The number of benzene rings is 2. The van der Waals surface area contributed by atoms with Crippen LogP contribution in [0.2, 0.25) is 32.7 Å². The molecule has 25 heavy (non-hydrogen) atoms. The maximum atomic E-state index is 12.7. The van der Waals surface area contributed by atoms with Gasteiger partial charge in [0.2, 0.25) is 8.32 Å². The monoisotopic (exact) mass is 371 g/mol. The van der Waals surface area contributed by atoms with E-state index >= 15 is 0 Å². The van der Waals surface area contributed by atoms with Gasteiger partial charge in [-0.2, -0.15) is 0 Å². The number of hydrogen-bond acceptors (Lipinski definition) is 3. The fourth-order valence-corrected chi connectivity index (χ4v) is 10.5. The largest absolute Gasteiger partial charge is 0.452 e. The van der Waals surface area contributed by atoms with Crippen LogP contribution in [0.3, 0.4) is 0 Å². The molecule has 0 saturated carbocycles. The Kier molecular flexibility index (Phi) is 5.71. The molecule has 0 unspecified atom stereocenters. The maximum absolute atomic E-state index is 12.7. The van der Waals surface area contributed by atoms with Gasteiger partial charge in [-0.25, -0.2) is 0 Å². The lowest BCUT2D eigenvalue weighted by atomic mass is 10.0. The summed E-state index contributed by atoms with van der Waals surface area (Å²) in [5.74, 6) is 0.0578. The second-order valence-electron chi connectivity index (χ2n) is 8.07. The molecule has 0 aliphatic carbocycles. The zero-order chi connectivity index (χ0) is 18.8. The van der Waals surface area contributed by atoms with Crippen molar-refractivity contribution in [3.63, 3.8) is 0 Å². The van der Waals surface area contributed by atoms with Crippen LogP contribution < -0.4 is 10.1 Å². The summed E-state index contributed by atoms with van der Waals surface area (Å²) in [6, 6.07) is 15.7. The Labute approximate surface area is 153 Å². The highest BCUT2D eigenvalue weighted by Gasteiger charge is 2.31. The molecule has 0 saturated heterocycles. The van der Waals surface area contributed by atoms with Gasteiger partial charge in [0.15, 0.2) is 14.1 Å². The quantitative estimate of drug-likeness (QED) is 0.562. The Bertz CT molecular complexity index is 730. The molecule has 0 heterocycles. The minimum Gasteiger partial charge on any atom is -0.452 e. The van der Waals surface area contributed by atoms with Crippen LogP contribution in [0.1, 0.15) is 15.9 Å². The molecule has 2 aromatic carbocycles. The highest BCUT2D eigenvalue weighted by Crippen LogP contribution is 2.17. The summed E-state index contributed by atoms with van der Waals surface area (Å²) in [5.41, 5.74) is 2.52. The van der Waals surface area contributed by atoms with Crippen molar-refractivity contribution in [3.05, 3.63) is 59.7 Å². The van der Waals surface area contributed by atoms with E-state index in [1.165, 1.54) is 5.19 Å². The van der Waals surface area contributed by atoms with Crippen molar-refractivity contribution in [2.24, 2.45) is 0 Å². The normalized spacial score (nSPS) is 12.1. The molecule has 5 heteroatoms. The van der Waals surface area contributed by atoms with E-state index in [-0.39, 0.29) is 5.78 Å². The highest BCUT2D eigenvalue weighted by atomic mass is 28.4. The van der Waals surface area contributed by atoms with Crippen LogP contribution in [0.5, 0.6) is 0 Å². The molecule has 0 bridgehead atoms. The van der Waals surface area contributed by atoms with Gasteiger partial charge in [-0.3, -0.25) is 4.79 Å². The van der Waals surface area contributed by atoms with E-state index in [0.717, 1.165) is 11.3 Å². The van der Waals surface area contributed by atoms with Crippen LogP contribution in [0, 0.1) is 0 Å². The number of anilines is 1. The molecule has 0 aliphatic heterocycles. The van der Waals surface area contributed by atoms with Crippen molar-refractivity contribution >= 4 is 33.3 Å². The third kappa shape index (κ3) is 5.14. The Hall–Kier alpha value is -1.70. The van der Waals surface area contributed by atoms with Crippen LogP contribution in [-0.2, 0) is 4.12 Å². The summed E-state index contributed by atoms with van der Waals surface area (Å²) in [5, 5.41) is 1.23. The summed E-state index contributed by atoms with van der Waals surface area (Å²) in [4.78, 5) is 14.7. The summed E-state index contributed by atoms with van der Waals surface area (Å²) in [6.45, 7) is 11.1. The zero-order valence-corrected chi connectivity index (χ0v) is 18.4. The van der Waals surface area contributed by atoms with E-state index in [4.69, 9.17) is 4.12 Å². The van der Waals surface area contributed by atoms with Crippen molar-refractivity contribution < 1.29 is 8.91 Å². The summed E-state index contributed by atoms with van der Waals surface area (Å²) >= 11 is 0. The van der Waals surface area contributed by atoms with Crippen molar-refractivity contribution in [3.8, 4) is 0 Å². The van der Waals surface area contributed by atoms with Gasteiger partial charge in [-0.15, -0.1) is 0 Å². The second kappa shape index (κ2) is 7.27. The van der Waals surface area contributed by atoms with Gasteiger partial charge in [0.25, 0.3) is 0 Å². The first-order valence-corrected chi connectivity index (χ1v) is 14.9. The second-order valence-corrected chi connectivity index (χ2v) is 16.7. The number of carbonyl (C=O) groups excluding carboxylic acids is 1. The van der Waals surface area contributed by atoms with Crippen molar-refractivity contribution in [2.75, 3.05) is 19.0 Å². The number of nitrogens with zero attached hydrogens (tertiary/aromatic N) is 1. The fourth-order valence-electron chi connectivity index (χ4n) is 2.92. The molecule has 0 radical (unpaired) electrons. The first kappa shape index (κ1) is 19.6. The smallest absolute Gasteiger partial charge is 0.205 e. The molecule has 0 N–H and O–H groups in total. The van der Waals surface area contributed by atoms with Gasteiger partial charge in [0.1, 0.15) is 0 Å². The molecule has 0 aliphatic rings. The van der Waals surface area contributed by atoms with Gasteiger partial charge in [0, 0.05) is 30.9 Å². The number of carbonyl (C=O) groups is 1. The predicted molar refractivity (Wildman–Crippen MR) is 112 cm³/mol. The van der Waals surface area contributed by atoms with Crippen LogP contribution in [0.4, 0.5) is 5.69 Å². The molecule has 2 aromatic rings. The van der Waals surface area contributed by atoms with Crippen molar-refractivity contribution in [2.45, 2.75) is 32.7 Å². The van der Waals surface area contributed by atoms with E-state index in [0.29, 0.717) is 5.56 Å². The molecule has 0 atom stereocenters. The van der Waals surface area contributed by atoms with Crippen molar-refractivity contribution in [1.82, 2.24) is 0 Å². The maximum Gasteiger partial charge on any atom is 0.205 e.